The van der Waals surface area contributed by atoms with Crippen molar-refractivity contribution in [1.29, 1.82) is 0 Å². The van der Waals surface area contributed by atoms with Crippen molar-refractivity contribution in [2.45, 2.75) is 200 Å². The fourth-order valence-corrected chi connectivity index (χ4v) is 7.33. The lowest BCUT2D eigenvalue weighted by Gasteiger charge is -2.21. The van der Waals surface area contributed by atoms with Crippen LogP contribution in [0.25, 0.3) is 0 Å². The number of aliphatic hydroxyl groups is 2. The van der Waals surface area contributed by atoms with Gasteiger partial charge >= 0.3 is 10.3 Å². The molecule has 9 nitrogen and oxygen atoms in total. The van der Waals surface area contributed by atoms with E-state index < -0.39 is 16.4 Å². The second kappa shape index (κ2) is 44.3. The summed E-state index contributed by atoms with van der Waals surface area (Å²) in [5.41, 5.74) is 0. The lowest BCUT2D eigenvalue weighted by Crippen LogP contribution is -2.39. The van der Waals surface area contributed by atoms with Crippen molar-refractivity contribution < 1.29 is 32.3 Å². The summed E-state index contributed by atoms with van der Waals surface area (Å²) >= 11 is 0. The van der Waals surface area contributed by atoms with Crippen LogP contribution in [0.3, 0.4) is 0 Å². The molecule has 0 aromatic heterocycles. The van der Waals surface area contributed by atoms with Crippen molar-refractivity contribution in [1.82, 2.24) is 9.62 Å². The number of ether oxygens (including phenoxy) is 2. The number of aliphatic hydroxyl groups excluding tert-OH is 2. The maximum Gasteiger partial charge on any atom is 0.335 e. The fourth-order valence-electron chi connectivity index (χ4n) is 6.56. The average molecular weight is 803 g/mol. The number of unbranched alkanes of at least 4 members (excludes halogenated alkanes) is 24. The van der Waals surface area contributed by atoms with E-state index in [1.54, 1.807) is 4.90 Å². The maximum atomic E-state index is 12.6. The molecule has 0 aliphatic rings. The zero-order valence-corrected chi connectivity index (χ0v) is 36.9. The van der Waals surface area contributed by atoms with Crippen LogP contribution in [0.2, 0.25) is 0 Å². The topological polar surface area (TPSA) is 118 Å². The molecule has 0 aromatic carbocycles. The molecule has 55 heavy (non-hydrogen) atoms. The summed E-state index contributed by atoms with van der Waals surface area (Å²) in [6.45, 7) is 6.94. The van der Waals surface area contributed by atoms with Crippen molar-refractivity contribution in [2.75, 3.05) is 65.8 Å². The van der Waals surface area contributed by atoms with Crippen molar-refractivity contribution in [3.63, 3.8) is 0 Å². The normalized spacial score (nSPS) is 13.0. The van der Waals surface area contributed by atoms with Gasteiger partial charge in [0.05, 0.1) is 32.5 Å². The first-order valence-electron chi connectivity index (χ1n) is 23.1. The van der Waals surface area contributed by atoms with Gasteiger partial charge in [-0.05, 0) is 64.2 Å². The van der Waals surface area contributed by atoms with Gasteiger partial charge in [-0.15, -0.1) is 0 Å². The third-order valence-corrected chi connectivity index (χ3v) is 11.1. The van der Waals surface area contributed by atoms with E-state index in [4.69, 9.17) is 13.7 Å². The SMILES string of the molecule is CCCCCCCC/C=C\CCCCCCCCOCC(CNS(=O)(=O)OCCN(CCO)CCO)OCCCCCCCC/C=C\CCCCCCCC. The highest BCUT2D eigenvalue weighted by atomic mass is 32.2. The fraction of sp³-hybridized carbons (Fsp3) is 0.911. The van der Waals surface area contributed by atoms with Crippen LogP contribution in [0.1, 0.15) is 194 Å². The van der Waals surface area contributed by atoms with Crippen LogP contribution < -0.4 is 4.72 Å². The molecule has 3 N–H and O–H groups in total. The van der Waals surface area contributed by atoms with Crippen LogP contribution in [0.4, 0.5) is 0 Å². The Bertz CT molecular complexity index is 913. The van der Waals surface area contributed by atoms with E-state index >= 15 is 0 Å². The van der Waals surface area contributed by atoms with E-state index in [1.807, 2.05) is 0 Å². The Morgan fingerprint density at radius 2 is 0.927 bits per heavy atom. The number of allylic oxidation sites excluding steroid dienone is 4. The second-order valence-electron chi connectivity index (χ2n) is 15.4. The molecule has 0 saturated heterocycles. The molecule has 0 radical (unpaired) electrons. The van der Waals surface area contributed by atoms with Gasteiger partial charge in [0, 0.05) is 39.4 Å². The summed E-state index contributed by atoms with van der Waals surface area (Å²) in [7, 11) is -3.97. The Labute approximate surface area is 341 Å². The number of hydrogen-bond acceptors (Lipinski definition) is 8. The minimum absolute atomic E-state index is 0.0667. The van der Waals surface area contributed by atoms with Gasteiger partial charge in [-0.3, -0.25) is 9.08 Å². The first-order chi connectivity index (χ1) is 27.0. The van der Waals surface area contributed by atoms with Crippen molar-refractivity contribution in [3.8, 4) is 0 Å². The van der Waals surface area contributed by atoms with Crippen molar-refractivity contribution in [2.24, 2.45) is 0 Å². The predicted octanol–water partition coefficient (Wildman–Crippen LogP) is 10.6. The molecule has 1 unspecified atom stereocenters. The summed E-state index contributed by atoms with van der Waals surface area (Å²) in [5, 5.41) is 18.4. The molecule has 1 atom stereocenters. The van der Waals surface area contributed by atoms with Gasteiger partial charge in [-0.1, -0.05) is 154 Å². The quantitative estimate of drug-likeness (QED) is 0.0411. The van der Waals surface area contributed by atoms with Crippen LogP contribution in [-0.2, 0) is 24.0 Å². The Morgan fingerprint density at radius 3 is 1.36 bits per heavy atom. The first-order valence-corrected chi connectivity index (χ1v) is 24.5. The summed E-state index contributed by atoms with van der Waals surface area (Å²) in [6.07, 6.45) is 44.3. The van der Waals surface area contributed by atoms with E-state index in [0.29, 0.717) is 32.9 Å². The summed E-state index contributed by atoms with van der Waals surface area (Å²) in [6, 6.07) is 0. The van der Waals surface area contributed by atoms with Crippen LogP contribution in [0.15, 0.2) is 24.3 Å². The van der Waals surface area contributed by atoms with Gasteiger partial charge in [0.15, 0.2) is 0 Å². The van der Waals surface area contributed by atoms with Crippen molar-refractivity contribution >= 4 is 10.3 Å². The zero-order valence-electron chi connectivity index (χ0n) is 36.0. The summed E-state index contributed by atoms with van der Waals surface area (Å²) in [4.78, 5) is 1.75. The first kappa shape index (κ1) is 54.2. The lowest BCUT2D eigenvalue weighted by atomic mass is 10.1. The Morgan fingerprint density at radius 1 is 0.527 bits per heavy atom. The molecule has 0 fully saturated rings. The Balaban J connectivity index is 4.27. The Kier molecular flexibility index (Phi) is 43.6. The molecule has 0 amide bonds. The predicted molar refractivity (Wildman–Crippen MR) is 233 cm³/mol. The molecule has 0 rings (SSSR count). The molecule has 0 aromatic rings. The number of rotatable bonds is 46. The van der Waals surface area contributed by atoms with Gasteiger partial charge in [0.1, 0.15) is 0 Å². The third-order valence-electron chi connectivity index (χ3n) is 10.1. The average Bonchev–Trinajstić information content (AvgIpc) is 3.17. The highest BCUT2D eigenvalue weighted by Gasteiger charge is 2.17. The number of nitrogens with zero attached hydrogens (tertiary/aromatic N) is 1. The van der Waals surface area contributed by atoms with Gasteiger partial charge < -0.3 is 19.7 Å². The minimum atomic E-state index is -3.97. The lowest BCUT2D eigenvalue weighted by molar-refractivity contribution is -0.0156. The van der Waals surface area contributed by atoms with E-state index in [1.165, 1.54) is 154 Å². The number of nitrogens with one attached hydrogen (secondary N) is 1. The smallest absolute Gasteiger partial charge is 0.335 e. The van der Waals surface area contributed by atoms with Gasteiger partial charge in [0.2, 0.25) is 0 Å². The van der Waals surface area contributed by atoms with E-state index in [2.05, 4.69) is 42.9 Å². The van der Waals surface area contributed by atoms with Crippen LogP contribution in [0.5, 0.6) is 0 Å². The van der Waals surface area contributed by atoms with Gasteiger partial charge in [0.25, 0.3) is 0 Å². The maximum absolute atomic E-state index is 12.6. The molecular formula is C45H90N2O7S. The molecule has 0 aliphatic heterocycles. The molecule has 0 aliphatic carbocycles. The largest absolute Gasteiger partial charge is 0.395 e. The standard InChI is InChI=1S/C45H90N2O7S/c1-3-5-7-9-11-13-15-17-19-21-23-25-27-29-31-33-40-52-44-45(43-46-55(50,51)54-42-37-47(35-38-48)36-39-49)53-41-34-32-30-28-26-24-22-20-18-16-14-12-10-8-6-4-2/h17-20,45-46,48-49H,3-16,21-44H2,1-2H3/b19-17-,20-18-. The molecule has 328 valence electrons. The molecule has 0 bridgehead atoms. The van der Waals surface area contributed by atoms with Crippen LogP contribution in [-0.4, -0.2) is 95.5 Å². The molecule has 0 heterocycles. The summed E-state index contributed by atoms with van der Waals surface area (Å²) < 4.78 is 44.8. The zero-order chi connectivity index (χ0) is 40.2. The van der Waals surface area contributed by atoms with Gasteiger partial charge in [-0.2, -0.15) is 13.1 Å². The molecule has 0 saturated carbocycles. The van der Waals surface area contributed by atoms with E-state index in [-0.39, 0.29) is 32.9 Å². The molecular weight excluding hydrogens is 713 g/mol. The Hall–Kier alpha value is -0.850. The third kappa shape index (κ3) is 42.6. The van der Waals surface area contributed by atoms with Crippen molar-refractivity contribution in [3.05, 3.63) is 24.3 Å². The van der Waals surface area contributed by atoms with E-state index in [0.717, 1.165) is 25.7 Å². The highest BCUT2D eigenvalue weighted by Crippen LogP contribution is 2.12. The minimum Gasteiger partial charge on any atom is -0.395 e. The molecule has 10 heteroatoms. The second-order valence-corrected chi connectivity index (χ2v) is 16.8. The highest BCUT2D eigenvalue weighted by molar-refractivity contribution is 7.84. The molecule has 0 spiro atoms. The summed E-state index contributed by atoms with van der Waals surface area (Å²) in [5.74, 6) is 0. The van der Waals surface area contributed by atoms with Gasteiger partial charge in [-0.25, -0.2) is 0 Å². The van der Waals surface area contributed by atoms with Crippen LogP contribution in [0, 0.1) is 0 Å². The van der Waals surface area contributed by atoms with Crippen LogP contribution >= 0.6 is 0 Å². The monoisotopic (exact) mass is 803 g/mol. The number of hydrogen-bond donors (Lipinski definition) is 3. The van der Waals surface area contributed by atoms with E-state index in [9.17, 15) is 18.6 Å².